The van der Waals surface area contributed by atoms with Crippen LogP contribution in [0.1, 0.15) is 25.0 Å². The third-order valence-corrected chi connectivity index (χ3v) is 11.8. The summed E-state index contributed by atoms with van der Waals surface area (Å²) in [5.74, 6) is 0. The molecule has 244 valence electrons. The fourth-order valence-corrected chi connectivity index (χ4v) is 9.33. The van der Waals surface area contributed by atoms with Crippen LogP contribution in [0.15, 0.2) is 176 Å². The van der Waals surface area contributed by atoms with E-state index in [1.165, 1.54) is 104 Å². The highest BCUT2D eigenvalue weighted by Gasteiger charge is 2.36. The number of nitrogens with zero attached hydrogens (tertiary/aromatic N) is 1. The minimum atomic E-state index is -0.150. The van der Waals surface area contributed by atoms with E-state index in [0.717, 1.165) is 0 Å². The van der Waals surface area contributed by atoms with Gasteiger partial charge in [-0.15, -0.1) is 0 Å². The van der Waals surface area contributed by atoms with Gasteiger partial charge in [-0.1, -0.05) is 159 Å². The van der Waals surface area contributed by atoms with Gasteiger partial charge in [-0.2, -0.15) is 0 Å². The summed E-state index contributed by atoms with van der Waals surface area (Å²) in [7, 11) is 0. The SMILES string of the molecule is CC1(C)c2cc(-c3ccccc3)ccc2-c2ccc(-n3c4ccccc4c4c5c6ccccc6c(-c6ccccc6)cc5c5ccccc5c43)cc21. The van der Waals surface area contributed by atoms with Gasteiger partial charge >= 0.3 is 0 Å². The normalized spacial score (nSPS) is 13.3. The zero-order valence-corrected chi connectivity index (χ0v) is 29.2. The molecule has 0 bridgehead atoms. The molecule has 1 aliphatic rings. The number of hydrogen-bond acceptors (Lipinski definition) is 0. The predicted molar refractivity (Wildman–Crippen MR) is 222 cm³/mol. The van der Waals surface area contributed by atoms with Gasteiger partial charge < -0.3 is 4.57 Å². The van der Waals surface area contributed by atoms with Crippen molar-refractivity contribution in [1.82, 2.24) is 4.57 Å². The molecule has 0 atom stereocenters. The number of hydrogen-bond donors (Lipinski definition) is 0. The lowest BCUT2D eigenvalue weighted by molar-refractivity contribution is 0.660. The number of rotatable bonds is 3. The Balaban J connectivity index is 1.23. The molecule has 1 heterocycles. The third kappa shape index (κ3) is 3.99. The molecule has 1 aromatic heterocycles. The maximum atomic E-state index is 2.54. The molecular formula is C51H35N. The second-order valence-electron chi connectivity index (χ2n) is 14.9. The van der Waals surface area contributed by atoms with Crippen molar-refractivity contribution >= 4 is 54.1 Å². The molecule has 1 aliphatic carbocycles. The lowest BCUT2D eigenvalue weighted by Crippen LogP contribution is -2.15. The summed E-state index contributed by atoms with van der Waals surface area (Å²) in [4.78, 5) is 0. The molecule has 11 rings (SSSR count). The van der Waals surface area contributed by atoms with Crippen molar-refractivity contribution < 1.29 is 0 Å². The van der Waals surface area contributed by atoms with E-state index >= 15 is 0 Å². The van der Waals surface area contributed by atoms with E-state index in [0.29, 0.717) is 0 Å². The van der Waals surface area contributed by atoms with E-state index in [9.17, 15) is 0 Å². The monoisotopic (exact) mass is 661 g/mol. The van der Waals surface area contributed by atoms with Crippen LogP contribution in [0.4, 0.5) is 0 Å². The fraction of sp³-hybridized carbons (Fsp3) is 0.0588. The van der Waals surface area contributed by atoms with E-state index in [-0.39, 0.29) is 5.41 Å². The molecule has 0 spiro atoms. The molecule has 0 fully saturated rings. The zero-order valence-electron chi connectivity index (χ0n) is 29.2. The first-order chi connectivity index (χ1) is 25.6. The first-order valence-electron chi connectivity index (χ1n) is 18.3. The summed E-state index contributed by atoms with van der Waals surface area (Å²) in [6.45, 7) is 4.78. The molecule has 0 saturated heterocycles. The molecule has 9 aromatic carbocycles. The van der Waals surface area contributed by atoms with E-state index < -0.39 is 0 Å². The van der Waals surface area contributed by atoms with Gasteiger partial charge in [0.1, 0.15) is 0 Å². The van der Waals surface area contributed by atoms with E-state index in [4.69, 9.17) is 0 Å². The highest BCUT2D eigenvalue weighted by molar-refractivity contribution is 6.38. The summed E-state index contributed by atoms with van der Waals surface area (Å²) < 4.78 is 2.54. The second kappa shape index (κ2) is 10.8. The van der Waals surface area contributed by atoms with Gasteiger partial charge in [0.2, 0.25) is 0 Å². The highest BCUT2D eigenvalue weighted by Crippen LogP contribution is 2.52. The Bertz CT molecular complexity index is 3070. The van der Waals surface area contributed by atoms with Crippen molar-refractivity contribution in [2.45, 2.75) is 19.3 Å². The van der Waals surface area contributed by atoms with Gasteiger partial charge in [-0.25, -0.2) is 0 Å². The van der Waals surface area contributed by atoms with Crippen LogP contribution >= 0.6 is 0 Å². The maximum absolute atomic E-state index is 2.54. The number of benzene rings is 9. The molecule has 0 radical (unpaired) electrons. The van der Waals surface area contributed by atoms with Crippen LogP contribution in [0.3, 0.4) is 0 Å². The van der Waals surface area contributed by atoms with Gasteiger partial charge in [0.05, 0.1) is 11.0 Å². The largest absolute Gasteiger partial charge is 0.309 e. The Kier molecular flexibility index (Phi) is 6.08. The number of para-hydroxylation sites is 1. The third-order valence-electron chi connectivity index (χ3n) is 11.8. The van der Waals surface area contributed by atoms with Crippen molar-refractivity contribution in [2.75, 3.05) is 0 Å². The van der Waals surface area contributed by atoms with Crippen molar-refractivity contribution in [3.05, 3.63) is 187 Å². The molecule has 0 saturated carbocycles. The lowest BCUT2D eigenvalue weighted by Gasteiger charge is -2.23. The summed E-state index contributed by atoms with van der Waals surface area (Å²) in [5.41, 5.74) is 14.0. The minimum Gasteiger partial charge on any atom is -0.309 e. The molecular weight excluding hydrogens is 627 g/mol. The Morgan fingerprint density at radius 2 is 0.942 bits per heavy atom. The van der Waals surface area contributed by atoms with E-state index in [1.54, 1.807) is 0 Å². The Hall–Kier alpha value is -6.44. The van der Waals surface area contributed by atoms with Crippen molar-refractivity contribution in [3.8, 4) is 39.1 Å². The molecule has 0 unspecified atom stereocenters. The Morgan fingerprint density at radius 1 is 0.365 bits per heavy atom. The molecule has 0 aliphatic heterocycles. The van der Waals surface area contributed by atoms with Crippen LogP contribution in [0, 0.1) is 0 Å². The molecule has 52 heavy (non-hydrogen) atoms. The molecule has 1 nitrogen and oxygen atoms in total. The minimum absolute atomic E-state index is 0.150. The van der Waals surface area contributed by atoms with Crippen LogP contribution in [0.25, 0.3) is 93.2 Å². The Morgan fingerprint density at radius 3 is 1.69 bits per heavy atom. The highest BCUT2D eigenvalue weighted by atomic mass is 15.0. The van der Waals surface area contributed by atoms with Gasteiger partial charge in [0, 0.05) is 32.6 Å². The summed E-state index contributed by atoms with van der Waals surface area (Å²) in [6, 6.07) is 65.3. The lowest BCUT2D eigenvalue weighted by atomic mass is 9.81. The average Bonchev–Trinajstić information content (AvgIpc) is 3.66. The molecule has 10 aromatic rings. The smallest absolute Gasteiger partial charge is 0.0626 e. The molecule has 1 heteroatoms. The first-order valence-corrected chi connectivity index (χ1v) is 18.3. The standard InChI is InChI=1S/C51H35N/c1-51(2)45-29-34(32-15-5-3-6-16-32)25-27-38(45)39-28-26-35(30-46(39)51)52-47-24-14-13-23-42(47)49-48-40-21-11-9-19-36(40)43(33-17-7-4-8-18-33)31-44(48)37-20-10-12-22-41(37)50(49)52/h3-31H,1-2H3. The van der Waals surface area contributed by atoms with Crippen molar-refractivity contribution in [2.24, 2.45) is 0 Å². The summed E-state index contributed by atoms with van der Waals surface area (Å²) in [6.07, 6.45) is 0. The van der Waals surface area contributed by atoms with Crippen molar-refractivity contribution in [3.63, 3.8) is 0 Å². The molecule has 0 amide bonds. The van der Waals surface area contributed by atoms with Gasteiger partial charge in [0.25, 0.3) is 0 Å². The van der Waals surface area contributed by atoms with Gasteiger partial charge in [-0.3, -0.25) is 0 Å². The van der Waals surface area contributed by atoms with E-state index in [1.807, 2.05) is 0 Å². The molecule has 0 N–H and O–H groups in total. The second-order valence-corrected chi connectivity index (χ2v) is 14.9. The summed E-state index contributed by atoms with van der Waals surface area (Å²) in [5, 5.41) is 10.3. The quantitative estimate of drug-likeness (QED) is 0.166. The average molecular weight is 662 g/mol. The van der Waals surface area contributed by atoms with Crippen LogP contribution in [0.2, 0.25) is 0 Å². The summed E-state index contributed by atoms with van der Waals surface area (Å²) >= 11 is 0. The zero-order chi connectivity index (χ0) is 34.6. The number of aromatic nitrogens is 1. The topological polar surface area (TPSA) is 4.93 Å². The number of fused-ring (bicyclic) bond motifs is 13. The van der Waals surface area contributed by atoms with Crippen LogP contribution in [-0.4, -0.2) is 4.57 Å². The van der Waals surface area contributed by atoms with Crippen LogP contribution < -0.4 is 0 Å². The predicted octanol–water partition coefficient (Wildman–Crippen LogP) is 13.9. The first kappa shape index (κ1) is 29.3. The van der Waals surface area contributed by atoms with Crippen LogP contribution in [-0.2, 0) is 5.41 Å². The van der Waals surface area contributed by atoms with Crippen LogP contribution in [0.5, 0.6) is 0 Å². The van der Waals surface area contributed by atoms with Gasteiger partial charge in [-0.05, 0) is 96.4 Å². The van der Waals surface area contributed by atoms with E-state index in [2.05, 4.69) is 194 Å². The van der Waals surface area contributed by atoms with Gasteiger partial charge in [0.15, 0.2) is 0 Å². The fourth-order valence-electron chi connectivity index (χ4n) is 9.33. The maximum Gasteiger partial charge on any atom is 0.0626 e. The Labute approximate surface area is 303 Å². The van der Waals surface area contributed by atoms with Crippen molar-refractivity contribution in [1.29, 1.82) is 0 Å².